The highest BCUT2D eigenvalue weighted by Gasteiger charge is 2.31. The predicted octanol–water partition coefficient (Wildman–Crippen LogP) is 3.09. The highest BCUT2D eigenvalue weighted by Crippen LogP contribution is 2.36. The number of hydrogen-bond donors (Lipinski definition) is 0. The molecule has 6 heteroatoms. The average Bonchev–Trinajstić information content (AvgIpc) is 3.05. The van der Waals surface area contributed by atoms with Gasteiger partial charge in [0.25, 0.3) is 0 Å². The van der Waals surface area contributed by atoms with E-state index in [1.54, 1.807) is 36.4 Å². The maximum absolute atomic E-state index is 12.9. The number of ketones is 1. The first-order valence-electron chi connectivity index (χ1n) is 7.46. The van der Waals surface area contributed by atoms with Gasteiger partial charge < -0.3 is 13.9 Å². The summed E-state index contributed by atoms with van der Waals surface area (Å²) < 4.78 is 16.6. The second kappa shape index (κ2) is 5.70. The lowest BCUT2D eigenvalue weighted by Gasteiger charge is -2.20. The number of fused-ring (bicyclic) bond motifs is 2. The van der Waals surface area contributed by atoms with Crippen LogP contribution in [0.2, 0.25) is 0 Å². The monoisotopic (exact) mass is 320 g/mol. The Bertz CT molecular complexity index is 938. The summed E-state index contributed by atoms with van der Waals surface area (Å²) in [5, 5.41) is 9.50. The van der Waals surface area contributed by atoms with Crippen LogP contribution < -0.4 is 9.47 Å². The second-order valence-corrected chi connectivity index (χ2v) is 5.28. The number of ether oxygens (including phenoxy) is 2. The van der Waals surface area contributed by atoms with Crippen LogP contribution in [0.15, 0.2) is 46.9 Å². The third-order valence-electron chi connectivity index (χ3n) is 3.78. The molecule has 2 aromatic carbocycles. The Morgan fingerprint density at radius 2 is 1.96 bits per heavy atom. The third kappa shape index (κ3) is 2.27. The molecule has 24 heavy (non-hydrogen) atoms. The zero-order valence-electron chi connectivity index (χ0n) is 12.6. The van der Waals surface area contributed by atoms with Gasteiger partial charge in [0.05, 0.1) is 11.6 Å². The van der Waals surface area contributed by atoms with Crippen LogP contribution in [-0.4, -0.2) is 24.0 Å². The normalized spacial score (nSPS) is 14.1. The Morgan fingerprint density at radius 3 is 2.79 bits per heavy atom. The summed E-state index contributed by atoms with van der Waals surface area (Å²) in [5.74, 6) is -0.620. The van der Waals surface area contributed by atoms with Gasteiger partial charge in [-0.15, -0.1) is 0 Å². The summed E-state index contributed by atoms with van der Waals surface area (Å²) >= 11 is 0. The van der Waals surface area contributed by atoms with Gasteiger partial charge in [-0.25, -0.2) is 4.98 Å². The molecule has 0 unspecified atom stereocenters. The average molecular weight is 320 g/mol. The predicted molar refractivity (Wildman–Crippen MR) is 84.1 cm³/mol. The summed E-state index contributed by atoms with van der Waals surface area (Å²) in [6.45, 7) is 0.787. The lowest BCUT2D eigenvalue weighted by molar-refractivity contribution is 0.0959. The molecule has 118 valence electrons. The van der Waals surface area contributed by atoms with E-state index in [2.05, 4.69) is 4.98 Å². The van der Waals surface area contributed by atoms with Crippen LogP contribution in [0.3, 0.4) is 0 Å². The van der Waals surface area contributed by atoms with E-state index in [1.807, 2.05) is 12.1 Å². The molecule has 6 nitrogen and oxygen atoms in total. The van der Waals surface area contributed by atoms with Gasteiger partial charge >= 0.3 is 0 Å². The number of oxazole rings is 1. The number of nitriles is 1. The van der Waals surface area contributed by atoms with Crippen LogP contribution in [-0.2, 0) is 0 Å². The molecule has 2 heterocycles. The van der Waals surface area contributed by atoms with E-state index in [1.165, 1.54) is 0 Å². The van der Waals surface area contributed by atoms with Gasteiger partial charge in [0.15, 0.2) is 28.8 Å². The number of nitrogens with zero attached hydrogens (tertiary/aromatic N) is 2. The smallest absolute Gasteiger partial charge is 0.220 e. The number of carbonyl (C=O) groups is 1. The van der Waals surface area contributed by atoms with Crippen molar-refractivity contribution < 1.29 is 18.7 Å². The maximum atomic E-state index is 12.9. The van der Waals surface area contributed by atoms with E-state index in [4.69, 9.17) is 13.9 Å². The van der Waals surface area contributed by atoms with Crippen LogP contribution in [0.5, 0.6) is 11.5 Å². The molecule has 1 aliphatic heterocycles. The van der Waals surface area contributed by atoms with Crippen molar-refractivity contribution in [2.45, 2.75) is 5.92 Å². The first-order valence-corrected chi connectivity index (χ1v) is 7.46. The molecule has 0 aliphatic carbocycles. The summed E-state index contributed by atoms with van der Waals surface area (Å²) in [5.41, 5.74) is 1.44. The Balaban J connectivity index is 1.76. The number of carbonyl (C=O) groups excluding carboxylic acids is 1. The molecule has 0 saturated heterocycles. The number of rotatable bonds is 3. The molecule has 0 amide bonds. The highest BCUT2D eigenvalue weighted by molar-refractivity contribution is 6.05. The summed E-state index contributed by atoms with van der Waals surface area (Å²) in [4.78, 5) is 17.1. The molecule has 0 fully saturated rings. The number of aromatic nitrogens is 1. The van der Waals surface area contributed by atoms with Crippen LogP contribution >= 0.6 is 0 Å². The van der Waals surface area contributed by atoms with Gasteiger partial charge in [0.2, 0.25) is 5.89 Å². The van der Waals surface area contributed by atoms with Crippen molar-refractivity contribution in [2.24, 2.45) is 0 Å². The van der Waals surface area contributed by atoms with E-state index in [-0.39, 0.29) is 5.89 Å². The first kappa shape index (κ1) is 14.3. The number of Topliss-reactive ketones (excluding diaryl/α,β-unsaturated/α-hetero) is 1. The summed E-state index contributed by atoms with van der Waals surface area (Å²) in [7, 11) is 0. The molecule has 3 aromatic rings. The molecule has 1 atom stereocenters. The SMILES string of the molecule is N#C[C@@H](C(=O)c1cccc2c1OCCO2)c1nc2ccccc2o1. The van der Waals surface area contributed by atoms with Gasteiger partial charge in [-0.2, -0.15) is 5.26 Å². The molecular formula is C18H12N2O4. The quantitative estimate of drug-likeness (QED) is 0.689. The molecule has 1 aliphatic rings. The minimum Gasteiger partial charge on any atom is -0.486 e. The Morgan fingerprint density at radius 1 is 1.12 bits per heavy atom. The van der Waals surface area contributed by atoms with Gasteiger partial charge in [-0.05, 0) is 24.3 Å². The van der Waals surface area contributed by atoms with Crippen molar-refractivity contribution in [1.29, 1.82) is 5.26 Å². The number of hydrogen-bond acceptors (Lipinski definition) is 6. The minimum atomic E-state index is -1.14. The van der Waals surface area contributed by atoms with Gasteiger partial charge in [0.1, 0.15) is 18.7 Å². The van der Waals surface area contributed by atoms with E-state index in [0.29, 0.717) is 41.4 Å². The van der Waals surface area contributed by atoms with Gasteiger partial charge in [-0.1, -0.05) is 18.2 Å². The lowest BCUT2D eigenvalue weighted by Crippen LogP contribution is -2.19. The van der Waals surface area contributed by atoms with E-state index < -0.39 is 11.7 Å². The topological polar surface area (TPSA) is 85.4 Å². The summed E-state index contributed by atoms with van der Waals surface area (Å²) in [6.07, 6.45) is 0. The molecule has 0 bridgehead atoms. The molecule has 0 N–H and O–H groups in total. The van der Waals surface area contributed by atoms with Crippen LogP contribution in [0.1, 0.15) is 22.2 Å². The standard InChI is InChI=1S/C18H12N2O4/c19-10-12(18-20-13-5-1-2-6-14(13)24-18)16(21)11-4-3-7-15-17(11)23-9-8-22-15/h1-7,12H,8-9H2/t12-/m0/s1. The van der Waals surface area contributed by atoms with E-state index in [0.717, 1.165) is 0 Å². The van der Waals surface area contributed by atoms with Crippen LogP contribution in [0, 0.1) is 11.3 Å². The number of benzene rings is 2. The van der Waals surface area contributed by atoms with Crippen molar-refractivity contribution in [3.63, 3.8) is 0 Å². The largest absolute Gasteiger partial charge is 0.486 e. The molecule has 0 spiro atoms. The highest BCUT2D eigenvalue weighted by atomic mass is 16.6. The van der Waals surface area contributed by atoms with Crippen molar-refractivity contribution in [3.8, 4) is 17.6 Å². The first-order chi connectivity index (χ1) is 11.8. The van der Waals surface area contributed by atoms with Crippen LogP contribution in [0.25, 0.3) is 11.1 Å². The second-order valence-electron chi connectivity index (χ2n) is 5.28. The summed E-state index contributed by atoms with van der Waals surface area (Å²) in [6, 6.07) is 14.1. The molecular weight excluding hydrogens is 308 g/mol. The fraction of sp³-hybridized carbons (Fsp3) is 0.167. The third-order valence-corrected chi connectivity index (χ3v) is 3.78. The van der Waals surface area contributed by atoms with E-state index in [9.17, 15) is 10.1 Å². The van der Waals surface area contributed by atoms with E-state index >= 15 is 0 Å². The molecule has 1 aromatic heterocycles. The molecule has 4 rings (SSSR count). The van der Waals surface area contributed by atoms with Gasteiger partial charge in [0, 0.05) is 0 Å². The van der Waals surface area contributed by atoms with Crippen molar-refractivity contribution in [3.05, 3.63) is 53.9 Å². The fourth-order valence-electron chi connectivity index (χ4n) is 2.66. The maximum Gasteiger partial charge on any atom is 0.220 e. The lowest BCUT2D eigenvalue weighted by atomic mass is 9.97. The Hall–Kier alpha value is -3.33. The zero-order valence-corrected chi connectivity index (χ0v) is 12.6. The van der Waals surface area contributed by atoms with Crippen molar-refractivity contribution in [1.82, 2.24) is 4.98 Å². The minimum absolute atomic E-state index is 0.0815. The van der Waals surface area contributed by atoms with Crippen molar-refractivity contribution in [2.75, 3.05) is 13.2 Å². The molecule has 0 saturated carbocycles. The Labute approximate surface area is 137 Å². The number of para-hydroxylation sites is 3. The van der Waals surface area contributed by atoms with Gasteiger partial charge in [-0.3, -0.25) is 4.79 Å². The fourth-order valence-corrected chi connectivity index (χ4v) is 2.66. The van der Waals surface area contributed by atoms with Crippen molar-refractivity contribution >= 4 is 16.9 Å². The molecule has 0 radical (unpaired) electrons. The Kier molecular flexibility index (Phi) is 3.39. The van der Waals surface area contributed by atoms with Crippen LogP contribution in [0.4, 0.5) is 0 Å². The zero-order chi connectivity index (χ0) is 16.5.